The van der Waals surface area contributed by atoms with Gasteiger partial charge in [-0.3, -0.25) is 14.4 Å². The fourth-order valence-electron chi connectivity index (χ4n) is 2.16. The summed E-state index contributed by atoms with van der Waals surface area (Å²) in [5, 5.41) is 8.35. The molecule has 1 radical (unpaired) electrons. The molecule has 3 N–H and O–H groups in total. The molecule has 4 atom stereocenters. The van der Waals surface area contributed by atoms with E-state index in [9.17, 15) is 14.4 Å². The van der Waals surface area contributed by atoms with Crippen molar-refractivity contribution in [2.24, 2.45) is 11.8 Å². The maximum absolute atomic E-state index is 12.3. The number of nitrogens with one attached hydrogen (secondary N) is 3. The van der Waals surface area contributed by atoms with Crippen LogP contribution >= 0.6 is 0 Å². The van der Waals surface area contributed by atoms with Gasteiger partial charge in [0.15, 0.2) is 0 Å². The number of hydrogen-bond acceptors (Lipinski definition) is 4. The van der Waals surface area contributed by atoms with Crippen LogP contribution in [0.4, 0.5) is 0 Å². The Kier molecular flexibility index (Phi) is 9.65. The van der Waals surface area contributed by atoms with Crippen LogP contribution in [0.15, 0.2) is 0 Å². The molecule has 0 rings (SSSR count). The second kappa shape index (κ2) is 10.3. The number of amides is 2. The van der Waals surface area contributed by atoms with Gasteiger partial charge < -0.3 is 16.0 Å². The molecule has 0 saturated heterocycles. The topological polar surface area (TPSA) is 87.3 Å². The number of hydrogen-bond donors (Lipinski definition) is 3. The van der Waals surface area contributed by atoms with E-state index in [0.717, 1.165) is 6.42 Å². The Labute approximate surface area is 133 Å². The highest BCUT2D eigenvalue weighted by atomic mass is 16.2. The molecule has 2 amide bonds. The van der Waals surface area contributed by atoms with Crippen molar-refractivity contribution < 1.29 is 14.4 Å². The van der Waals surface area contributed by atoms with Crippen LogP contribution in [-0.2, 0) is 14.4 Å². The van der Waals surface area contributed by atoms with Crippen LogP contribution in [0.3, 0.4) is 0 Å². The van der Waals surface area contributed by atoms with E-state index in [2.05, 4.69) is 16.0 Å². The van der Waals surface area contributed by atoms with Gasteiger partial charge in [-0.1, -0.05) is 41.0 Å². The van der Waals surface area contributed by atoms with E-state index in [1.54, 1.807) is 7.05 Å². The Hall–Kier alpha value is -1.43. The predicted molar refractivity (Wildman–Crippen MR) is 87.0 cm³/mol. The highest BCUT2D eigenvalue weighted by Gasteiger charge is 2.27. The average molecular weight is 312 g/mol. The average Bonchev–Trinajstić information content (AvgIpc) is 2.49. The smallest absolute Gasteiger partial charge is 0.243 e. The standard InChI is InChI=1S/C16H30N3O3/c1-7-11(5)13(9-20)19-15(21)12(8-2)18-16(22)14(17-6)10(3)4/h10-14,17H,7-8H2,1-6H3,(H,18,22)(H,19,21)/t11-,12-,13+,14-/m0/s1. The zero-order chi connectivity index (χ0) is 17.3. The minimum absolute atomic E-state index is 0.00961. The summed E-state index contributed by atoms with van der Waals surface area (Å²) < 4.78 is 0. The van der Waals surface area contributed by atoms with Crippen LogP contribution in [0.25, 0.3) is 0 Å². The lowest BCUT2D eigenvalue weighted by atomic mass is 9.99. The van der Waals surface area contributed by atoms with Crippen molar-refractivity contribution in [1.29, 1.82) is 0 Å². The fraction of sp³-hybridized carbons (Fsp3) is 0.812. The van der Waals surface area contributed by atoms with Crippen molar-refractivity contribution >= 4 is 18.1 Å². The van der Waals surface area contributed by atoms with Gasteiger partial charge in [-0.2, -0.15) is 0 Å². The van der Waals surface area contributed by atoms with Crippen LogP contribution in [-0.4, -0.2) is 43.3 Å². The van der Waals surface area contributed by atoms with Gasteiger partial charge in [0.05, 0.1) is 12.1 Å². The summed E-state index contributed by atoms with van der Waals surface area (Å²) in [5.74, 6) is -0.435. The van der Waals surface area contributed by atoms with E-state index in [1.165, 1.54) is 0 Å². The van der Waals surface area contributed by atoms with Gasteiger partial charge in [-0.15, -0.1) is 0 Å². The van der Waals surface area contributed by atoms with Gasteiger partial charge in [0.2, 0.25) is 18.1 Å². The van der Waals surface area contributed by atoms with Crippen molar-refractivity contribution in [1.82, 2.24) is 16.0 Å². The lowest BCUT2D eigenvalue weighted by Crippen LogP contribution is -2.55. The van der Waals surface area contributed by atoms with E-state index in [4.69, 9.17) is 0 Å². The second-order valence-corrected chi connectivity index (χ2v) is 5.97. The van der Waals surface area contributed by atoms with Crippen molar-refractivity contribution in [3.63, 3.8) is 0 Å². The molecule has 6 nitrogen and oxygen atoms in total. The lowest BCUT2D eigenvalue weighted by molar-refractivity contribution is -0.130. The van der Waals surface area contributed by atoms with Crippen molar-refractivity contribution in [2.45, 2.75) is 65.6 Å². The van der Waals surface area contributed by atoms with E-state index < -0.39 is 12.1 Å². The Morgan fingerprint density at radius 2 is 1.59 bits per heavy atom. The summed E-state index contributed by atoms with van der Waals surface area (Å²) in [6.45, 7) is 9.51. The first-order chi connectivity index (χ1) is 10.3. The molecule has 0 aromatic carbocycles. The number of likely N-dealkylation sites (N-methyl/N-ethyl adjacent to an activating group) is 1. The molecule has 6 heteroatoms. The molecule has 0 bridgehead atoms. The molecule has 0 fully saturated rings. The third kappa shape index (κ3) is 6.13. The van der Waals surface area contributed by atoms with E-state index in [-0.39, 0.29) is 29.7 Å². The lowest BCUT2D eigenvalue weighted by Gasteiger charge is -2.25. The SMILES string of the molecule is CC[C@H](NC(=O)[C@@H](NC)C(C)C)C(=O)N[C@H]([C]=O)[C@@H](C)CC. The minimum atomic E-state index is -0.651. The van der Waals surface area contributed by atoms with Crippen LogP contribution in [0.2, 0.25) is 0 Å². The zero-order valence-corrected chi connectivity index (χ0v) is 14.5. The molecule has 0 unspecified atom stereocenters. The van der Waals surface area contributed by atoms with Gasteiger partial charge in [0.25, 0.3) is 0 Å². The summed E-state index contributed by atoms with van der Waals surface area (Å²) in [4.78, 5) is 35.4. The highest BCUT2D eigenvalue weighted by molar-refractivity contribution is 5.90. The van der Waals surface area contributed by atoms with Crippen molar-refractivity contribution in [3.05, 3.63) is 0 Å². The molecule has 0 saturated carbocycles. The van der Waals surface area contributed by atoms with Gasteiger partial charge in [-0.05, 0) is 25.3 Å². The molecule has 0 aliphatic carbocycles. The Morgan fingerprint density at radius 1 is 1.00 bits per heavy atom. The molecule has 0 aliphatic rings. The quantitative estimate of drug-likeness (QED) is 0.556. The molecule has 0 aromatic rings. The Bertz CT molecular complexity index is 372. The zero-order valence-electron chi connectivity index (χ0n) is 14.5. The predicted octanol–water partition coefficient (Wildman–Crippen LogP) is 0.766. The van der Waals surface area contributed by atoms with Crippen LogP contribution < -0.4 is 16.0 Å². The first-order valence-electron chi connectivity index (χ1n) is 7.97. The molecular formula is C16H30N3O3. The highest BCUT2D eigenvalue weighted by Crippen LogP contribution is 2.07. The first kappa shape index (κ1) is 20.6. The molecular weight excluding hydrogens is 282 g/mol. The van der Waals surface area contributed by atoms with Crippen LogP contribution in [0.1, 0.15) is 47.5 Å². The van der Waals surface area contributed by atoms with E-state index in [0.29, 0.717) is 6.42 Å². The number of carbonyl (C=O) groups is 2. The summed E-state index contributed by atoms with van der Waals surface area (Å²) >= 11 is 0. The van der Waals surface area contributed by atoms with Crippen molar-refractivity contribution in [2.75, 3.05) is 7.05 Å². The molecule has 127 valence electrons. The summed E-state index contributed by atoms with van der Waals surface area (Å²) in [5.41, 5.74) is 0. The van der Waals surface area contributed by atoms with Gasteiger partial charge in [0, 0.05) is 0 Å². The maximum atomic E-state index is 12.3. The maximum Gasteiger partial charge on any atom is 0.243 e. The molecule has 0 heterocycles. The molecule has 0 spiro atoms. The monoisotopic (exact) mass is 312 g/mol. The first-order valence-corrected chi connectivity index (χ1v) is 7.97. The van der Waals surface area contributed by atoms with E-state index in [1.807, 2.05) is 40.9 Å². The molecule has 0 aliphatic heterocycles. The summed E-state index contributed by atoms with van der Waals surface area (Å²) in [6.07, 6.45) is 3.08. The van der Waals surface area contributed by atoms with Crippen LogP contribution in [0.5, 0.6) is 0 Å². The normalized spacial score (nSPS) is 16.5. The largest absolute Gasteiger partial charge is 0.344 e. The molecule has 22 heavy (non-hydrogen) atoms. The second-order valence-electron chi connectivity index (χ2n) is 5.97. The third-order valence-electron chi connectivity index (χ3n) is 3.94. The molecule has 0 aromatic heterocycles. The van der Waals surface area contributed by atoms with E-state index >= 15 is 0 Å². The third-order valence-corrected chi connectivity index (χ3v) is 3.94. The Balaban J connectivity index is 4.78. The summed E-state index contributed by atoms with van der Waals surface area (Å²) in [7, 11) is 1.71. The fourth-order valence-corrected chi connectivity index (χ4v) is 2.16. The number of carbonyl (C=O) groups excluding carboxylic acids is 3. The van der Waals surface area contributed by atoms with Crippen LogP contribution in [0, 0.1) is 11.8 Å². The van der Waals surface area contributed by atoms with Gasteiger partial charge >= 0.3 is 0 Å². The number of rotatable bonds is 10. The van der Waals surface area contributed by atoms with Gasteiger partial charge in [0.1, 0.15) is 6.04 Å². The Morgan fingerprint density at radius 3 is 1.95 bits per heavy atom. The summed E-state index contributed by atoms with van der Waals surface area (Å²) in [6, 6.07) is -1.65. The minimum Gasteiger partial charge on any atom is -0.344 e. The van der Waals surface area contributed by atoms with Crippen molar-refractivity contribution in [3.8, 4) is 0 Å². The van der Waals surface area contributed by atoms with Gasteiger partial charge in [-0.25, -0.2) is 0 Å².